The Morgan fingerprint density at radius 2 is 1.62 bits per heavy atom. The van der Waals surface area contributed by atoms with Crippen molar-refractivity contribution in [3.8, 4) is 5.75 Å². The molecule has 1 heterocycles. The quantitative estimate of drug-likeness (QED) is 0.290. The molecule has 0 aliphatic rings. The molecule has 37 heavy (non-hydrogen) atoms. The van der Waals surface area contributed by atoms with Crippen LogP contribution in [0.2, 0.25) is 0 Å². The average Bonchev–Trinajstić information content (AvgIpc) is 3.35. The van der Waals surface area contributed by atoms with E-state index >= 15 is 0 Å². The van der Waals surface area contributed by atoms with Crippen molar-refractivity contribution in [1.29, 1.82) is 0 Å². The Morgan fingerprint density at radius 3 is 2.27 bits per heavy atom. The predicted octanol–water partition coefficient (Wildman–Crippen LogP) is 4.73. The Kier molecular flexibility index (Phi) is 8.11. The van der Waals surface area contributed by atoms with Gasteiger partial charge in [-0.1, -0.05) is 35.6 Å². The second kappa shape index (κ2) is 11.3. The van der Waals surface area contributed by atoms with Crippen molar-refractivity contribution in [3.63, 3.8) is 0 Å². The highest BCUT2D eigenvalue weighted by molar-refractivity contribution is 7.92. The first-order valence-electron chi connectivity index (χ1n) is 11.8. The van der Waals surface area contributed by atoms with Crippen LogP contribution in [0.25, 0.3) is 10.2 Å². The number of carbonyl (C=O) groups is 1. The highest BCUT2D eigenvalue weighted by Crippen LogP contribution is 2.35. The number of thiazole rings is 1. The molecule has 0 saturated heterocycles. The minimum atomic E-state index is -3.78. The number of aromatic nitrogens is 1. The van der Waals surface area contributed by atoms with Gasteiger partial charge in [0.2, 0.25) is 0 Å². The second-order valence-electron chi connectivity index (χ2n) is 8.75. The van der Waals surface area contributed by atoms with Crippen molar-refractivity contribution < 1.29 is 17.9 Å². The van der Waals surface area contributed by atoms with Crippen LogP contribution in [0.3, 0.4) is 0 Å². The summed E-state index contributed by atoms with van der Waals surface area (Å²) < 4.78 is 33.9. The first kappa shape index (κ1) is 26.6. The van der Waals surface area contributed by atoms with Crippen LogP contribution in [0.5, 0.6) is 5.75 Å². The number of nitrogens with zero attached hydrogens (tertiary/aromatic N) is 4. The van der Waals surface area contributed by atoms with Gasteiger partial charge >= 0.3 is 0 Å². The second-order valence-corrected chi connectivity index (χ2v) is 11.7. The molecule has 0 N–H and O–H groups in total. The molecule has 0 atom stereocenters. The lowest BCUT2D eigenvalue weighted by Gasteiger charge is -2.22. The van der Waals surface area contributed by atoms with Crippen LogP contribution >= 0.6 is 11.3 Å². The van der Waals surface area contributed by atoms with Crippen molar-refractivity contribution in [2.45, 2.75) is 11.3 Å². The van der Waals surface area contributed by atoms with E-state index in [1.165, 1.54) is 34.8 Å². The fourth-order valence-corrected chi connectivity index (χ4v) is 6.08. The molecule has 0 fully saturated rings. The van der Waals surface area contributed by atoms with Gasteiger partial charge in [-0.2, -0.15) is 0 Å². The Balaban J connectivity index is 1.63. The Morgan fingerprint density at radius 1 is 0.919 bits per heavy atom. The molecular formula is C27H30N4O4S2. The van der Waals surface area contributed by atoms with Crippen LogP contribution in [0, 0.1) is 0 Å². The number of hydrogen-bond donors (Lipinski definition) is 0. The van der Waals surface area contributed by atoms with E-state index in [2.05, 4.69) is 4.90 Å². The van der Waals surface area contributed by atoms with Gasteiger partial charge in [-0.05, 0) is 75.6 Å². The normalized spacial score (nSPS) is 11.6. The summed E-state index contributed by atoms with van der Waals surface area (Å²) in [5.41, 5.74) is 1.65. The van der Waals surface area contributed by atoms with Gasteiger partial charge in [0, 0.05) is 19.2 Å². The van der Waals surface area contributed by atoms with Crippen LogP contribution < -0.4 is 13.9 Å². The molecule has 1 amide bonds. The molecule has 0 radical (unpaired) electrons. The Labute approximate surface area is 221 Å². The van der Waals surface area contributed by atoms with Crippen molar-refractivity contribution in [2.75, 3.05) is 50.5 Å². The van der Waals surface area contributed by atoms with Crippen LogP contribution in [0.1, 0.15) is 16.8 Å². The zero-order valence-electron chi connectivity index (χ0n) is 21.3. The number of rotatable bonds is 10. The van der Waals surface area contributed by atoms with E-state index in [0.717, 1.165) is 17.7 Å². The molecule has 0 aliphatic carbocycles. The number of para-hydroxylation sites is 2. The third-order valence-corrected chi connectivity index (χ3v) is 8.78. The molecule has 1 aromatic heterocycles. The van der Waals surface area contributed by atoms with Gasteiger partial charge in [0.15, 0.2) is 5.13 Å². The molecule has 194 valence electrons. The first-order valence-corrected chi connectivity index (χ1v) is 14.0. The molecule has 0 unspecified atom stereocenters. The lowest BCUT2D eigenvalue weighted by atomic mass is 10.2. The molecule has 10 heteroatoms. The number of benzene rings is 3. The van der Waals surface area contributed by atoms with Crippen LogP contribution in [-0.4, -0.2) is 65.6 Å². The monoisotopic (exact) mass is 538 g/mol. The molecule has 0 spiro atoms. The zero-order chi connectivity index (χ0) is 26.6. The summed E-state index contributed by atoms with van der Waals surface area (Å²) in [5.74, 6) is 0.412. The fraction of sp³-hybridized carbons (Fsp3) is 0.259. The summed E-state index contributed by atoms with van der Waals surface area (Å²) in [6.07, 6.45) is 0.750. The highest BCUT2D eigenvalue weighted by atomic mass is 32.2. The molecule has 4 aromatic rings. The Hall–Kier alpha value is -3.47. The van der Waals surface area contributed by atoms with Gasteiger partial charge in [-0.25, -0.2) is 13.4 Å². The molecule has 0 bridgehead atoms. The van der Waals surface area contributed by atoms with Crippen LogP contribution in [0.15, 0.2) is 77.7 Å². The maximum absolute atomic E-state index is 13.7. The smallest absolute Gasteiger partial charge is 0.264 e. The van der Waals surface area contributed by atoms with Gasteiger partial charge < -0.3 is 9.64 Å². The molecule has 3 aromatic carbocycles. The summed E-state index contributed by atoms with van der Waals surface area (Å²) in [6, 6.07) is 20.6. The fourth-order valence-electron chi connectivity index (χ4n) is 3.88. The summed E-state index contributed by atoms with van der Waals surface area (Å²) in [5, 5.41) is 0.573. The molecule has 4 rings (SSSR count). The number of sulfonamides is 1. The van der Waals surface area contributed by atoms with Gasteiger partial charge in [0.1, 0.15) is 11.3 Å². The van der Waals surface area contributed by atoms with Gasteiger partial charge in [0.05, 0.1) is 22.4 Å². The van der Waals surface area contributed by atoms with E-state index in [1.54, 1.807) is 48.4 Å². The number of hydrogen-bond acceptors (Lipinski definition) is 7. The number of carbonyl (C=O) groups excluding carboxylic acids is 1. The highest BCUT2D eigenvalue weighted by Gasteiger charge is 2.25. The van der Waals surface area contributed by atoms with Gasteiger partial charge in [0.25, 0.3) is 15.9 Å². The molecular weight excluding hydrogens is 508 g/mol. The number of ether oxygens (including phenoxy) is 1. The third kappa shape index (κ3) is 5.76. The molecule has 0 saturated carbocycles. The van der Waals surface area contributed by atoms with Crippen molar-refractivity contribution in [2.24, 2.45) is 0 Å². The summed E-state index contributed by atoms with van der Waals surface area (Å²) in [6.45, 7) is 1.27. The standard InChI is InChI=1S/C27H30N4O4S2/c1-29(2)18-9-19-31(27-28-25-23(35-4)12-8-13-24(25)36-27)26(32)20-14-16-22(17-15-20)37(33,34)30(3)21-10-6-5-7-11-21/h5-8,10-17H,9,18-19H2,1-4H3. The number of methoxy groups -OCH3 is 1. The van der Waals surface area contributed by atoms with E-state index in [0.29, 0.717) is 34.2 Å². The summed E-state index contributed by atoms with van der Waals surface area (Å²) in [7, 11) is 3.30. The van der Waals surface area contributed by atoms with E-state index in [4.69, 9.17) is 9.72 Å². The van der Waals surface area contributed by atoms with Gasteiger partial charge in [-0.15, -0.1) is 0 Å². The number of amides is 1. The average molecular weight is 539 g/mol. The molecule has 0 aliphatic heterocycles. The van der Waals surface area contributed by atoms with Crippen molar-refractivity contribution >= 4 is 48.3 Å². The minimum Gasteiger partial charge on any atom is -0.494 e. The van der Waals surface area contributed by atoms with Crippen LogP contribution in [0.4, 0.5) is 10.8 Å². The van der Waals surface area contributed by atoms with Gasteiger partial charge in [-0.3, -0.25) is 14.0 Å². The summed E-state index contributed by atoms with van der Waals surface area (Å²) in [4.78, 5) is 22.2. The third-order valence-electron chi connectivity index (χ3n) is 5.93. The predicted molar refractivity (Wildman–Crippen MR) is 149 cm³/mol. The topological polar surface area (TPSA) is 83.0 Å². The van der Waals surface area contributed by atoms with Crippen molar-refractivity contribution in [1.82, 2.24) is 9.88 Å². The largest absolute Gasteiger partial charge is 0.494 e. The maximum atomic E-state index is 13.7. The number of anilines is 2. The maximum Gasteiger partial charge on any atom is 0.264 e. The lowest BCUT2D eigenvalue weighted by molar-refractivity contribution is 0.0986. The van der Waals surface area contributed by atoms with Crippen molar-refractivity contribution in [3.05, 3.63) is 78.4 Å². The lowest BCUT2D eigenvalue weighted by Crippen LogP contribution is -2.33. The van der Waals surface area contributed by atoms with E-state index < -0.39 is 10.0 Å². The van der Waals surface area contributed by atoms with Crippen LogP contribution in [-0.2, 0) is 10.0 Å². The zero-order valence-corrected chi connectivity index (χ0v) is 22.9. The summed E-state index contributed by atoms with van der Waals surface area (Å²) >= 11 is 1.42. The van der Waals surface area contributed by atoms with E-state index in [1.807, 2.05) is 38.4 Å². The van der Waals surface area contributed by atoms with E-state index in [9.17, 15) is 13.2 Å². The first-order chi connectivity index (χ1) is 17.7. The minimum absolute atomic E-state index is 0.110. The van der Waals surface area contributed by atoms with E-state index in [-0.39, 0.29) is 10.8 Å². The molecule has 8 nitrogen and oxygen atoms in total. The SMILES string of the molecule is COc1cccc2sc(N(CCCN(C)C)C(=O)c3ccc(S(=O)(=O)N(C)c4ccccc4)cc3)nc12. The Bertz CT molecular complexity index is 1470. The number of fused-ring (bicyclic) bond motifs is 1.